The van der Waals surface area contributed by atoms with Crippen LogP contribution >= 0.6 is 11.6 Å². The Morgan fingerprint density at radius 1 is 1.04 bits per heavy atom. The summed E-state index contributed by atoms with van der Waals surface area (Å²) in [6.45, 7) is 2.56. The van der Waals surface area contributed by atoms with Crippen molar-refractivity contribution < 1.29 is 9.59 Å². The van der Waals surface area contributed by atoms with Gasteiger partial charge >= 0.3 is 0 Å². The molecule has 130 valence electrons. The summed E-state index contributed by atoms with van der Waals surface area (Å²) in [5, 5.41) is 2.72. The van der Waals surface area contributed by atoms with Gasteiger partial charge in [-0.15, -0.1) is 0 Å². The minimum absolute atomic E-state index is 0.0619. The number of hydrogen-bond acceptors (Lipinski definition) is 5. The van der Waals surface area contributed by atoms with Crippen molar-refractivity contribution in [1.29, 1.82) is 0 Å². The van der Waals surface area contributed by atoms with E-state index >= 15 is 0 Å². The number of amides is 2. The van der Waals surface area contributed by atoms with Crippen molar-refractivity contribution in [3.05, 3.63) is 53.4 Å². The molecule has 0 unspecified atom stereocenters. The van der Waals surface area contributed by atoms with Crippen LogP contribution in [0.25, 0.3) is 0 Å². The zero-order valence-electron chi connectivity index (χ0n) is 13.6. The van der Waals surface area contributed by atoms with E-state index in [0.29, 0.717) is 26.2 Å². The van der Waals surface area contributed by atoms with E-state index in [2.05, 4.69) is 20.2 Å². The molecule has 3 rings (SSSR count). The van der Waals surface area contributed by atoms with E-state index in [1.54, 1.807) is 23.2 Å². The fourth-order valence-electron chi connectivity index (χ4n) is 2.64. The summed E-state index contributed by atoms with van der Waals surface area (Å²) in [7, 11) is 0. The molecular formula is C17H18ClN5O2. The maximum absolute atomic E-state index is 12.3. The van der Waals surface area contributed by atoms with Crippen LogP contribution in [-0.2, 0) is 4.79 Å². The summed E-state index contributed by atoms with van der Waals surface area (Å²) in [5.41, 5.74) is 0.261. The maximum Gasteiger partial charge on any atom is 0.254 e. The molecule has 0 aliphatic carbocycles. The number of piperazine rings is 1. The van der Waals surface area contributed by atoms with E-state index in [1.807, 2.05) is 18.2 Å². The first-order valence-electron chi connectivity index (χ1n) is 7.97. The number of carbonyl (C=O) groups is 2. The number of hydrogen-bond donors (Lipinski definition) is 1. The molecule has 1 aliphatic rings. The summed E-state index contributed by atoms with van der Waals surface area (Å²) in [6.07, 6.45) is 3.26. The van der Waals surface area contributed by atoms with Gasteiger partial charge in [0.25, 0.3) is 5.91 Å². The highest BCUT2D eigenvalue weighted by Crippen LogP contribution is 2.13. The van der Waals surface area contributed by atoms with E-state index in [0.717, 1.165) is 5.82 Å². The van der Waals surface area contributed by atoms with Crippen LogP contribution < -0.4 is 10.2 Å². The van der Waals surface area contributed by atoms with Gasteiger partial charge in [0, 0.05) is 38.6 Å². The number of aromatic nitrogens is 2. The van der Waals surface area contributed by atoms with Gasteiger partial charge in [0.1, 0.15) is 11.0 Å². The smallest absolute Gasteiger partial charge is 0.254 e. The van der Waals surface area contributed by atoms with Gasteiger partial charge in [0.05, 0.1) is 12.1 Å². The highest BCUT2D eigenvalue weighted by Gasteiger charge is 2.22. The molecule has 7 nitrogen and oxygen atoms in total. The quantitative estimate of drug-likeness (QED) is 0.830. The van der Waals surface area contributed by atoms with Crippen LogP contribution in [0.1, 0.15) is 10.4 Å². The van der Waals surface area contributed by atoms with Gasteiger partial charge in [-0.1, -0.05) is 17.7 Å². The number of carbonyl (C=O) groups excluding carboxylic acids is 2. The summed E-state index contributed by atoms with van der Waals surface area (Å²) >= 11 is 5.88. The maximum atomic E-state index is 12.3. The van der Waals surface area contributed by atoms with Gasteiger partial charge in [-0.2, -0.15) is 0 Å². The SMILES string of the molecule is O=C(NCC(=O)N1CCN(c2ccccn2)CC1)c1cccnc1Cl. The molecule has 0 aromatic carbocycles. The number of pyridine rings is 2. The van der Waals surface area contributed by atoms with Crippen LogP contribution in [0.15, 0.2) is 42.7 Å². The van der Waals surface area contributed by atoms with E-state index in [9.17, 15) is 9.59 Å². The molecule has 2 aromatic heterocycles. The predicted molar refractivity (Wildman–Crippen MR) is 94.6 cm³/mol. The highest BCUT2D eigenvalue weighted by atomic mass is 35.5. The van der Waals surface area contributed by atoms with E-state index in [1.165, 1.54) is 6.20 Å². The van der Waals surface area contributed by atoms with E-state index in [-0.39, 0.29) is 23.2 Å². The van der Waals surface area contributed by atoms with Crippen LogP contribution in [0.5, 0.6) is 0 Å². The summed E-state index contributed by atoms with van der Waals surface area (Å²) in [5.74, 6) is 0.390. The third-order valence-electron chi connectivity index (χ3n) is 4.01. The largest absolute Gasteiger partial charge is 0.353 e. The molecule has 1 fully saturated rings. The highest BCUT2D eigenvalue weighted by molar-refractivity contribution is 6.32. The zero-order valence-corrected chi connectivity index (χ0v) is 14.3. The Balaban J connectivity index is 1.48. The van der Waals surface area contributed by atoms with Crippen molar-refractivity contribution in [3.63, 3.8) is 0 Å². The molecule has 0 bridgehead atoms. The van der Waals surface area contributed by atoms with Crippen molar-refractivity contribution in [2.75, 3.05) is 37.6 Å². The molecule has 1 aliphatic heterocycles. The van der Waals surface area contributed by atoms with Gasteiger partial charge in [0.15, 0.2) is 0 Å². The summed E-state index contributed by atoms with van der Waals surface area (Å²) < 4.78 is 0. The normalized spacial score (nSPS) is 14.3. The fraction of sp³-hybridized carbons (Fsp3) is 0.294. The first-order chi connectivity index (χ1) is 12.1. The van der Waals surface area contributed by atoms with E-state index in [4.69, 9.17) is 11.6 Å². The molecule has 2 aromatic rings. The van der Waals surface area contributed by atoms with Crippen molar-refractivity contribution >= 4 is 29.2 Å². The molecule has 0 saturated carbocycles. The monoisotopic (exact) mass is 359 g/mol. The molecular weight excluding hydrogens is 342 g/mol. The Labute approximate surface area is 150 Å². The van der Waals surface area contributed by atoms with Crippen molar-refractivity contribution in [2.45, 2.75) is 0 Å². The second-order valence-corrected chi connectivity index (χ2v) is 5.94. The molecule has 25 heavy (non-hydrogen) atoms. The number of anilines is 1. The fourth-order valence-corrected chi connectivity index (χ4v) is 2.85. The molecule has 3 heterocycles. The molecule has 1 N–H and O–H groups in total. The molecule has 0 atom stereocenters. The zero-order chi connectivity index (χ0) is 17.6. The lowest BCUT2D eigenvalue weighted by Crippen LogP contribution is -2.51. The van der Waals surface area contributed by atoms with Crippen LogP contribution in [-0.4, -0.2) is 59.4 Å². The second kappa shape index (κ2) is 7.94. The van der Waals surface area contributed by atoms with Gasteiger partial charge < -0.3 is 15.1 Å². The Morgan fingerprint density at radius 3 is 2.48 bits per heavy atom. The molecule has 8 heteroatoms. The standard InChI is InChI=1S/C17H18ClN5O2/c18-16-13(4-3-7-20-16)17(25)21-12-15(24)23-10-8-22(9-11-23)14-5-1-2-6-19-14/h1-7H,8-12H2,(H,21,25). The summed E-state index contributed by atoms with van der Waals surface area (Å²) in [6, 6.07) is 8.97. The number of rotatable bonds is 4. The molecule has 0 radical (unpaired) electrons. The Kier molecular flexibility index (Phi) is 5.45. The average molecular weight is 360 g/mol. The van der Waals surface area contributed by atoms with Gasteiger partial charge in [0.2, 0.25) is 5.91 Å². The minimum atomic E-state index is -0.404. The van der Waals surface area contributed by atoms with Crippen LogP contribution in [0.4, 0.5) is 5.82 Å². The Bertz CT molecular complexity index is 748. The topological polar surface area (TPSA) is 78.4 Å². The first-order valence-corrected chi connectivity index (χ1v) is 8.35. The lowest BCUT2D eigenvalue weighted by atomic mass is 10.2. The minimum Gasteiger partial charge on any atom is -0.353 e. The molecule has 0 spiro atoms. The number of nitrogens with zero attached hydrogens (tertiary/aromatic N) is 4. The van der Waals surface area contributed by atoms with Crippen LogP contribution in [0.3, 0.4) is 0 Å². The van der Waals surface area contributed by atoms with Crippen LogP contribution in [0.2, 0.25) is 5.15 Å². The average Bonchev–Trinajstić information content (AvgIpc) is 2.67. The van der Waals surface area contributed by atoms with Gasteiger partial charge in [-0.25, -0.2) is 9.97 Å². The van der Waals surface area contributed by atoms with Gasteiger partial charge in [-0.05, 0) is 24.3 Å². The molecule has 2 amide bonds. The predicted octanol–water partition coefficient (Wildman–Crippen LogP) is 1.21. The summed E-state index contributed by atoms with van der Waals surface area (Å²) in [4.78, 5) is 36.4. The number of halogens is 1. The lowest BCUT2D eigenvalue weighted by Gasteiger charge is -2.35. The van der Waals surface area contributed by atoms with Crippen molar-refractivity contribution in [1.82, 2.24) is 20.2 Å². The van der Waals surface area contributed by atoms with Crippen molar-refractivity contribution in [3.8, 4) is 0 Å². The van der Waals surface area contributed by atoms with Crippen molar-refractivity contribution in [2.24, 2.45) is 0 Å². The Hall–Kier alpha value is -2.67. The van der Waals surface area contributed by atoms with E-state index < -0.39 is 5.91 Å². The molecule has 1 saturated heterocycles. The Morgan fingerprint density at radius 2 is 1.80 bits per heavy atom. The lowest BCUT2D eigenvalue weighted by molar-refractivity contribution is -0.130. The third kappa shape index (κ3) is 4.24. The van der Waals surface area contributed by atoms with Gasteiger partial charge in [-0.3, -0.25) is 9.59 Å². The number of nitrogens with one attached hydrogen (secondary N) is 1. The second-order valence-electron chi connectivity index (χ2n) is 5.58. The third-order valence-corrected chi connectivity index (χ3v) is 4.31. The van der Waals surface area contributed by atoms with Crippen LogP contribution in [0, 0.1) is 0 Å². The first kappa shape index (κ1) is 17.2.